The lowest BCUT2D eigenvalue weighted by molar-refractivity contribution is -0.137. The topological polar surface area (TPSA) is 0 Å². The molecule has 0 nitrogen and oxygen atoms in total. The molecule has 0 saturated heterocycles. The van der Waals surface area contributed by atoms with E-state index in [0.717, 1.165) is 16.8 Å². The fourth-order valence-corrected chi connectivity index (χ4v) is 3.08. The van der Waals surface area contributed by atoms with E-state index in [1.807, 2.05) is 37.3 Å². The van der Waals surface area contributed by atoms with Crippen molar-refractivity contribution in [2.24, 2.45) is 0 Å². The number of halogens is 3. The summed E-state index contributed by atoms with van der Waals surface area (Å²) in [7, 11) is 0.468. The van der Waals surface area contributed by atoms with Crippen molar-refractivity contribution in [2.75, 3.05) is 0 Å². The van der Waals surface area contributed by atoms with E-state index in [-0.39, 0.29) is 5.54 Å². The Bertz CT molecular complexity index is 535. The Hall–Kier alpha value is -1.55. The van der Waals surface area contributed by atoms with E-state index < -0.39 is 11.7 Å². The lowest BCUT2D eigenvalue weighted by Crippen LogP contribution is -2.20. The summed E-state index contributed by atoms with van der Waals surface area (Å²) in [6, 6.07) is 15.4. The summed E-state index contributed by atoms with van der Waals surface area (Å²) in [5.41, 5.74) is 0.247. The summed E-state index contributed by atoms with van der Waals surface area (Å²) in [5, 5.41) is 1.16. The van der Waals surface area contributed by atoms with Crippen molar-refractivity contribution in [2.45, 2.75) is 18.6 Å². The molecule has 0 spiro atoms. The smallest absolute Gasteiger partial charge is 0.166 e. The van der Waals surface area contributed by atoms with Gasteiger partial charge in [-0.3, -0.25) is 0 Å². The first-order valence-corrected chi connectivity index (χ1v) is 7.03. The zero-order chi connectivity index (χ0) is 13.9. The van der Waals surface area contributed by atoms with E-state index in [2.05, 4.69) is 0 Å². The van der Waals surface area contributed by atoms with Crippen LogP contribution in [0.3, 0.4) is 0 Å². The molecular formula is C15H13F3Si. The van der Waals surface area contributed by atoms with Gasteiger partial charge in [-0.25, -0.2) is 0 Å². The third kappa shape index (κ3) is 3.70. The van der Waals surface area contributed by atoms with Gasteiger partial charge in [-0.05, 0) is 17.2 Å². The third-order valence-electron chi connectivity index (χ3n) is 2.87. The Labute approximate surface area is 113 Å². The molecule has 0 fully saturated rings. The number of hydrogen-bond donors (Lipinski definition) is 0. The van der Waals surface area contributed by atoms with E-state index >= 15 is 0 Å². The molecular weight excluding hydrogens is 265 g/mol. The maximum absolute atomic E-state index is 12.7. The van der Waals surface area contributed by atoms with Gasteiger partial charge in [0.15, 0.2) is 0 Å². The maximum atomic E-state index is 12.7. The average Bonchev–Trinajstić information content (AvgIpc) is 2.39. The Morgan fingerprint density at radius 1 is 0.947 bits per heavy atom. The van der Waals surface area contributed by atoms with Crippen LogP contribution < -0.4 is 5.19 Å². The first kappa shape index (κ1) is 13.9. The molecule has 2 aromatic carbocycles. The summed E-state index contributed by atoms with van der Waals surface area (Å²) >= 11 is 0. The molecule has 0 aliphatic carbocycles. The summed E-state index contributed by atoms with van der Waals surface area (Å²) in [6.45, 7) is 1.96. The van der Waals surface area contributed by atoms with E-state index in [1.54, 1.807) is 6.07 Å². The van der Waals surface area contributed by atoms with E-state index in [9.17, 15) is 13.2 Å². The van der Waals surface area contributed by atoms with Crippen molar-refractivity contribution in [3.63, 3.8) is 0 Å². The molecule has 0 bridgehead atoms. The van der Waals surface area contributed by atoms with Crippen LogP contribution in [0.25, 0.3) is 0 Å². The Kier molecular flexibility index (Phi) is 4.10. The van der Waals surface area contributed by atoms with Gasteiger partial charge in [0, 0.05) is 0 Å². The lowest BCUT2D eigenvalue weighted by Gasteiger charge is -2.13. The second kappa shape index (κ2) is 5.61. The fraction of sp³-hybridized carbons (Fsp3) is 0.200. The average molecular weight is 278 g/mol. The zero-order valence-corrected chi connectivity index (χ0v) is 11.4. The minimum Gasteiger partial charge on any atom is -0.166 e. The predicted octanol–water partition coefficient (Wildman–Crippen LogP) is 3.80. The highest BCUT2D eigenvalue weighted by Gasteiger charge is 2.30. The molecule has 0 heterocycles. The summed E-state index contributed by atoms with van der Waals surface area (Å²) in [4.78, 5) is 0. The normalized spacial score (nSPS) is 13.3. The van der Waals surface area contributed by atoms with Crippen LogP contribution in [0.4, 0.5) is 13.2 Å². The van der Waals surface area contributed by atoms with Crippen LogP contribution in [-0.4, -0.2) is 9.52 Å². The molecule has 0 aromatic heterocycles. The van der Waals surface area contributed by atoms with Crippen LogP contribution in [-0.2, 0) is 6.18 Å². The number of benzene rings is 2. The maximum Gasteiger partial charge on any atom is 0.416 e. The minimum atomic E-state index is -4.27. The van der Waals surface area contributed by atoms with Crippen molar-refractivity contribution < 1.29 is 13.2 Å². The molecule has 2 rings (SSSR count). The zero-order valence-electron chi connectivity index (χ0n) is 10.4. The van der Waals surface area contributed by atoms with Gasteiger partial charge in [-0.2, -0.15) is 13.2 Å². The van der Waals surface area contributed by atoms with Crippen LogP contribution in [0.1, 0.15) is 23.6 Å². The van der Waals surface area contributed by atoms with Crippen LogP contribution in [0, 0.1) is 0 Å². The summed E-state index contributed by atoms with van der Waals surface area (Å²) in [5.74, 6) is 0. The molecule has 0 aliphatic heterocycles. The standard InChI is InChI=1S/C15H13F3Si/c1-11(19-14-8-3-2-4-9-14)12-6-5-7-13(10-12)15(16,17)18/h2-11H,1H3/t11-/m0/s1. The van der Waals surface area contributed by atoms with Crippen molar-refractivity contribution in [1.82, 2.24) is 0 Å². The van der Waals surface area contributed by atoms with E-state index in [4.69, 9.17) is 0 Å². The molecule has 0 N–H and O–H groups in total. The van der Waals surface area contributed by atoms with Gasteiger partial charge in [0.2, 0.25) is 0 Å². The highest BCUT2D eigenvalue weighted by Crippen LogP contribution is 2.30. The predicted molar refractivity (Wildman–Crippen MR) is 71.7 cm³/mol. The molecule has 19 heavy (non-hydrogen) atoms. The van der Waals surface area contributed by atoms with Crippen LogP contribution >= 0.6 is 0 Å². The molecule has 2 radical (unpaired) electrons. The largest absolute Gasteiger partial charge is 0.416 e. The molecule has 98 valence electrons. The molecule has 2 aromatic rings. The molecule has 0 aliphatic rings. The van der Waals surface area contributed by atoms with Gasteiger partial charge < -0.3 is 0 Å². The second-order valence-corrected chi connectivity index (χ2v) is 6.09. The molecule has 0 saturated carbocycles. The second-order valence-electron chi connectivity index (χ2n) is 4.36. The minimum absolute atomic E-state index is 0.0877. The first-order chi connectivity index (χ1) is 8.97. The Morgan fingerprint density at radius 3 is 2.26 bits per heavy atom. The van der Waals surface area contributed by atoms with Crippen LogP contribution in [0.5, 0.6) is 0 Å². The molecule has 4 heteroatoms. The highest BCUT2D eigenvalue weighted by molar-refractivity contribution is 6.54. The summed E-state index contributed by atoms with van der Waals surface area (Å²) < 4.78 is 38.0. The van der Waals surface area contributed by atoms with Crippen LogP contribution in [0.2, 0.25) is 0 Å². The van der Waals surface area contributed by atoms with E-state index in [0.29, 0.717) is 9.52 Å². The van der Waals surface area contributed by atoms with Crippen molar-refractivity contribution in [3.05, 3.63) is 65.7 Å². The monoisotopic (exact) mass is 278 g/mol. The van der Waals surface area contributed by atoms with Gasteiger partial charge in [-0.15, -0.1) is 0 Å². The number of hydrogen-bond acceptors (Lipinski definition) is 0. The highest BCUT2D eigenvalue weighted by atomic mass is 28.2. The van der Waals surface area contributed by atoms with Crippen molar-refractivity contribution in [1.29, 1.82) is 0 Å². The van der Waals surface area contributed by atoms with Gasteiger partial charge in [-0.1, -0.05) is 60.6 Å². The lowest BCUT2D eigenvalue weighted by atomic mass is 10.1. The van der Waals surface area contributed by atoms with Gasteiger partial charge in [0.05, 0.1) is 15.1 Å². The molecule has 0 unspecified atom stereocenters. The number of rotatable bonds is 3. The first-order valence-electron chi connectivity index (χ1n) is 5.95. The Morgan fingerprint density at radius 2 is 1.63 bits per heavy atom. The van der Waals surface area contributed by atoms with Crippen LogP contribution in [0.15, 0.2) is 54.6 Å². The van der Waals surface area contributed by atoms with Gasteiger partial charge in [0.1, 0.15) is 0 Å². The van der Waals surface area contributed by atoms with Crippen molar-refractivity contribution in [3.8, 4) is 0 Å². The molecule has 1 atom stereocenters. The molecule has 0 amide bonds. The van der Waals surface area contributed by atoms with Gasteiger partial charge in [0.25, 0.3) is 0 Å². The third-order valence-corrected chi connectivity index (χ3v) is 4.30. The fourth-order valence-electron chi connectivity index (χ4n) is 1.85. The Balaban J connectivity index is 2.18. The van der Waals surface area contributed by atoms with Crippen molar-refractivity contribution >= 4 is 14.7 Å². The summed E-state index contributed by atoms with van der Waals surface area (Å²) in [6.07, 6.45) is -4.27. The quantitative estimate of drug-likeness (QED) is 0.749. The number of alkyl halides is 3. The van der Waals surface area contributed by atoms with E-state index in [1.165, 1.54) is 12.1 Å². The van der Waals surface area contributed by atoms with Gasteiger partial charge >= 0.3 is 6.18 Å². The SMILES string of the molecule is C[C@H]([Si]c1ccccc1)c1cccc(C(F)(F)F)c1.